The predicted molar refractivity (Wildman–Crippen MR) is 87.9 cm³/mol. The molecule has 25 heavy (non-hydrogen) atoms. The molecule has 0 heterocycles. The lowest BCUT2D eigenvalue weighted by atomic mass is 10.1. The Labute approximate surface area is 141 Å². The Kier molecular flexibility index (Phi) is 4.30. The van der Waals surface area contributed by atoms with Crippen molar-refractivity contribution in [3.05, 3.63) is 66.7 Å². The minimum Gasteiger partial charge on any atom is -0.406 e. The first kappa shape index (κ1) is 17.1. The third-order valence-electron chi connectivity index (χ3n) is 3.40. The number of anilines is 1. The molecule has 0 spiro atoms. The fraction of sp³-hybridized carbons (Fsp3) is 0.0588. The zero-order valence-electron chi connectivity index (χ0n) is 12.6. The molecule has 0 radical (unpaired) electrons. The number of benzene rings is 3. The third-order valence-corrected chi connectivity index (χ3v) is 4.78. The van der Waals surface area contributed by atoms with Crippen LogP contribution in [0.15, 0.2) is 71.6 Å². The van der Waals surface area contributed by atoms with Gasteiger partial charge in [-0.15, -0.1) is 13.2 Å². The molecule has 0 unspecified atom stereocenters. The molecule has 0 aliphatic carbocycles. The minimum atomic E-state index is -4.83. The monoisotopic (exact) mass is 367 g/mol. The Morgan fingerprint density at radius 2 is 1.48 bits per heavy atom. The van der Waals surface area contributed by atoms with Crippen LogP contribution in [0.5, 0.6) is 5.75 Å². The van der Waals surface area contributed by atoms with Crippen LogP contribution in [0, 0.1) is 0 Å². The molecule has 0 aromatic heterocycles. The van der Waals surface area contributed by atoms with Crippen LogP contribution in [0.1, 0.15) is 0 Å². The molecule has 1 N–H and O–H groups in total. The second kappa shape index (κ2) is 6.29. The molecule has 0 aliphatic heterocycles. The molecule has 3 aromatic carbocycles. The summed E-state index contributed by atoms with van der Waals surface area (Å²) in [6, 6.07) is 16.4. The molecular formula is C17H12F3NO3S. The highest BCUT2D eigenvalue weighted by molar-refractivity contribution is 7.92. The van der Waals surface area contributed by atoms with Crippen LogP contribution in [-0.4, -0.2) is 14.8 Å². The average Bonchev–Trinajstić information content (AvgIpc) is 2.54. The van der Waals surface area contributed by atoms with Gasteiger partial charge in [0, 0.05) is 5.39 Å². The van der Waals surface area contributed by atoms with E-state index in [1.807, 2.05) is 18.2 Å². The number of fused-ring (bicyclic) bond motifs is 1. The summed E-state index contributed by atoms with van der Waals surface area (Å²) >= 11 is 0. The van der Waals surface area contributed by atoms with E-state index in [0.717, 1.165) is 29.7 Å². The smallest absolute Gasteiger partial charge is 0.406 e. The number of alkyl halides is 3. The van der Waals surface area contributed by atoms with Gasteiger partial charge in [-0.25, -0.2) is 8.42 Å². The average molecular weight is 367 g/mol. The van der Waals surface area contributed by atoms with Crippen molar-refractivity contribution in [1.82, 2.24) is 0 Å². The van der Waals surface area contributed by atoms with Crippen molar-refractivity contribution in [3.63, 3.8) is 0 Å². The van der Waals surface area contributed by atoms with Crippen molar-refractivity contribution in [2.24, 2.45) is 0 Å². The molecule has 0 amide bonds. The van der Waals surface area contributed by atoms with Crippen LogP contribution in [0.2, 0.25) is 0 Å². The number of ether oxygens (including phenoxy) is 1. The molecule has 0 fully saturated rings. The van der Waals surface area contributed by atoms with Crippen LogP contribution in [0.4, 0.5) is 18.9 Å². The Balaban J connectivity index is 1.89. The van der Waals surface area contributed by atoms with E-state index < -0.39 is 22.1 Å². The highest BCUT2D eigenvalue weighted by Crippen LogP contribution is 2.27. The number of rotatable bonds is 4. The zero-order valence-corrected chi connectivity index (χ0v) is 13.4. The molecule has 8 heteroatoms. The molecule has 3 aromatic rings. The van der Waals surface area contributed by atoms with Crippen molar-refractivity contribution in [1.29, 1.82) is 0 Å². The van der Waals surface area contributed by atoms with E-state index in [9.17, 15) is 21.6 Å². The van der Waals surface area contributed by atoms with Gasteiger partial charge in [-0.05, 0) is 35.7 Å². The molecule has 0 saturated carbocycles. The lowest BCUT2D eigenvalue weighted by Gasteiger charge is -2.12. The van der Waals surface area contributed by atoms with Gasteiger partial charge in [0.25, 0.3) is 10.0 Å². The summed E-state index contributed by atoms with van der Waals surface area (Å²) in [4.78, 5) is -0.171. The zero-order chi connectivity index (χ0) is 18.1. The Hall–Kier alpha value is -2.74. The summed E-state index contributed by atoms with van der Waals surface area (Å²) in [6.07, 6.45) is -4.83. The fourth-order valence-corrected chi connectivity index (χ4v) is 3.42. The first-order valence-electron chi connectivity index (χ1n) is 7.11. The van der Waals surface area contributed by atoms with Gasteiger partial charge < -0.3 is 4.74 Å². The van der Waals surface area contributed by atoms with E-state index >= 15 is 0 Å². The van der Waals surface area contributed by atoms with Crippen LogP contribution in [0.25, 0.3) is 10.8 Å². The summed E-state index contributed by atoms with van der Waals surface area (Å²) in [5.41, 5.74) is 0.383. The number of sulfonamides is 1. The van der Waals surface area contributed by atoms with Gasteiger partial charge in [0.15, 0.2) is 0 Å². The molecule has 130 valence electrons. The van der Waals surface area contributed by atoms with Gasteiger partial charge in [0.1, 0.15) is 5.75 Å². The summed E-state index contributed by atoms with van der Waals surface area (Å²) in [5, 5.41) is 1.57. The first-order valence-corrected chi connectivity index (χ1v) is 8.59. The lowest BCUT2D eigenvalue weighted by Crippen LogP contribution is -2.17. The van der Waals surface area contributed by atoms with Crippen molar-refractivity contribution in [2.75, 3.05) is 4.72 Å². The topological polar surface area (TPSA) is 55.4 Å². The van der Waals surface area contributed by atoms with Gasteiger partial charge in [-0.2, -0.15) is 0 Å². The SMILES string of the molecule is O=S(=O)(Nc1cccc2ccccc12)c1ccc(OC(F)(F)F)cc1. The molecule has 0 bridgehead atoms. The summed E-state index contributed by atoms with van der Waals surface area (Å²) in [5.74, 6) is -0.489. The normalized spacial score (nSPS) is 12.1. The van der Waals surface area contributed by atoms with Crippen LogP contribution >= 0.6 is 0 Å². The Morgan fingerprint density at radius 1 is 0.840 bits per heavy atom. The Bertz CT molecular complexity index is 994. The maximum Gasteiger partial charge on any atom is 0.573 e. The number of halogens is 3. The summed E-state index contributed by atoms with van der Waals surface area (Å²) in [7, 11) is -3.95. The van der Waals surface area contributed by atoms with E-state index in [2.05, 4.69) is 9.46 Å². The lowest BCUT2D eigenvalue weighted by molar-refractivity contribution is -0.274. The fourth-order valence-electron chi connectivity index (χ4n) is 2.34. The van der Waals surface area contributed by atoms with Crippen molar-refractivity contribution in [3.8, 4) is 5.75 Å². The molecule has 0 saturated heterocycles. The maximum absolute atomic E-state index is 12.5. The van der Waals surface area contributed by atoms with Crippen LogP contribution < -0.4 is 9.46 Å². The number of hydrogen-bond donors (Lipinski definition) is 1. The number of hydrogen-bond acceptors (Lipinski definition) is 3. The van der Waals surface area contributed by atoms with Crippen molar-refractivity contribution in [2.45, 2.75) is 11.3 Å². The van der Waals surface area contributed by atoms with Crippen LogP contribution in [-0.2, 0) is 10.0 Å². The molecule has 0 atom stereocenters. The molecule has 4 nitrogen and oxygen atoms in total. The highest BCUT2D eigenvalue weighted by Gasteiger charge is 2.31. The summed E-state index contributed by atoms with van der Waals surface area (Å²) in [6.45, 7) is 0. The maximum atomic E-state index is 12.5. The highest BCUT2D eigenvalue weighted by atomic mass is 32.2. The number of nitrogens with one attached hydrogen (secondary N) is 1. The van der Waals surface area contributed by atoms with E-state index in [1.54, 1.807) is 24.3 Å². The van der Waals surface area contributed by atoms with E-state index in [-0.39, 0.29) is 4.90 Å². The molecular weight excluding hydrogens is 355 g/mol. The largest absolute Gasteiger partial charge is 0.573 e. The minimum absolute atomic E-state index is 0.171. The summed E-state index contributed by atoms with van der Waals surface area (Å²) < 4.78 is 67.6. The predicted octanol–water partition coefficient (Wildman–Crippen LogP) is 4.54. The quantitative estimate of drug-likeness (QED) is 0.737. The van der Waals surface area contributed by atoms with Gasteiger partial charge in [-0.1, -0.05) is 36.4 Å². The third kappa shape index (κ3) is 4.03. The van der Waals surface area contributed by atoms with E-state index in [1.165, 1.54) is 0 Å². The molecule has 3 rings (SSSR count). The van der Waals surface area contributed by atoms with Gasteiger partial charge in [-0.3, -0.25) is 4.72 Å². The van der Waals surface area contributed by atoms with Gasteiger partial charge in [0.05, 0.1) is 10.6 Å². The first-order chi connectivity index (χ1) is 11.7. The second-order valence-electron chi connectivity index (χ2n) is 5.15. The van der Waals surface area contributed by atoms with Gasteiger partial charge in [0.2, 0.25) is 0 Å². The van der Waals surface area contributed by atoms with E-state index in [4.69, 9.17) is 0 Å². The standard InChI is InChI=1S/C17H12F3NO3S/c18-17(19,20)24-13-8-10-14(11-9-13)25(22,23)21-16-7-3-5-12-4-1-2-6-15(12)16/h1-11,21H. The van der Waals surface area contributed by atoms with E-state index in [0.29, 0.717) is 11.1 Å². The van der Waals surface area contributed by atoms with Crippen LogP contribution in [0.3, 0.4) is 0 Å². The van der Waals surface area contributed by atoms with Gasteiger partial charge >= 0.3 is 6.36 Å². The van der Waals surface area contributed by atoms with Crippen molar-refractivity contribution < 1.29 is 26.3 Å². The van der Waals surface area contributed by atoms with Crippen molar-refractivity contribution >= 4 is 26.5 Å². The second-order valence-corrected chi connectivity index (χ2v) is 6.83. The Morgan fingerprint density at radius 3 is 2.16 bits per heavy atom. The molecule has 0 aliphatic rings.